The summed E-state index contributed by atoms with van der Waals surface area (Å²) in [4.78, 5) is 6.69. The monoisotopic (exact) mass is 396 g/mol. The number of hydrogen-bond acceptors (Lipinski definition) is 4. The molecule has 1 heterocycles. The van der Waals surface area contributed by atoms with Gasteiger partial charge in [-0.3, -0.25) is 9.89 Å². The first-order valence-electron chi connectivity index (χ1n) is 10.3. The molecular formula is C23H32N4O2. The highest BCUT2D eigenvalue weighted by molar-refractivity contribution is 5.79. The Labute approximate surface area is 173 Å². The Morgan fingerprint density at radius 2 is 1.86 bits per heavy atom. The molecule has 2 N–H and O–H groups in total. The van der Waals surface area contributed by atoms with Crippen LogP contribution in [-0.2, 0) is 17.8 Å². The van der Waals surface area contributed by atoms with Crippen LogP contribution in [-0.4, -0.2) is 57.4 Å². The van der Waals surface area contributed by atoms with E-state index in [0.29, 0.717) is 13.2 Å². The molecular weight excluding hydrogens is 364 g/mol. The molecule has 0 atom stereocenters. The first-order valence-corrected chi connectivity index (χ1v) is 10.3. The summed E-state index contributed by atoms with van der Waals surface area (Å²) in [6.07, 6.45) is 0. The van der Waals surface area contributed by atoms with Crippen LogP contribution in [0.5, 0.6) is 5.75 Å². The van der Waals surface area contributed by atoms with Crippen molar-refractivity contribution >= 4 is 5.96 Å². The van der Waals surface area contributed by atoms with E-state index in [1.165, 1.54) is 11.1 Å². The Hall–Kier alpha value is -2.57. The van der Waals surface area contributed by atoms with Gasteiger partial charge in [0.05, 0.1) is 13.2 Å². The molecule has 6 nitrogen and oxygen atoms in total. The molecule has 2 aromatic carbocycles. The summed E-state index contributed by atoms with van der Waals surface area (Å²) in [6.45, 7) is 8.80. The third kappa shape index (κ3) is 7.07. The van der Waals surface area contributed by atoms with E-state index in [-0.39, 0.29) is 0 Å². The average molecular weight is 397 g/mol. The van der Waals surface area contributed by atoms with E-state index >= 15 is 0 Å². The fourth-order valence-electron chi connectivity index (χ4n) is 3.26. The molecule has 0 aliphatic carbocycles. The number of morpholine rings is 1. The Morgan fingerprint density at radius 3 is 2.66 bits per heavy atom. The van der Waals surface area contributed by atoms with Gasteiger partial charge in [-0.15, -0.1) is 0 Å². The number of nitrogens with one attached hydrogen (secondary N) is 2. The second kappa shape index (κ2) is 11.4. The molecule has 0 spiro atoms. The van der Waals surface area contributed by atoms with Gasteiger partial charge >= 0.3 is 0 Å². The van der Waals surface area contributed by atoms with Gasteiger partial charge in [0.2, 0.25) is 0 Å². The maximum Gasteiger partial charge on any atom is 0.191 e. The fourth-order valence-corrected chi connectivity index (χ4v) is 3.26. The van der Waals surface area contributed by atoms with Crippen molar-refractivity contribution in [2.75, 3.05) is 46.5 Å². The van der Waals surface area contributed by atoms with Crippen molar-refractivity contribution in [2.24, 2.45) is 4.99 Å². The second-order valence-corrected chi connectivity index (χ2v) is 7.16. The quantitative estimate of drug-likeness (QED) is 0.531. The highest BCUT2D eigenvalue weighted by Crippen LogP contribution is 2.13. The molecule has 156 valence electrons. The van der Waals surface area contributed by atoms with Crippen LogP contribution < -0.4 is 15.4 Å². The van der Waals surface area contributed by atoms with Crippen LogP contribution in [0, 0.1) is 6.92 Å². The lowest BCUT2D eigenvalue weighted by molar-refractivity contribution is 0.0322. The Balaban J connectivity index is 1.43. The smallest absolute Gasteiger partial charge is 0.191 e. The van der Waals surface area contributed by atoms with E-state index in [1.807, 2.05) is 12.1 Å². The highest BCUT2D eigenvalue weighted by Gasteiger charge is 2.09. The SMILES string of the molecule is CN=C(NCc1cccc(OCCN2CCOCC2)c1)NCc1ccccc1C. The summed E-state index contributed by atoms with van der Waals surface area (Å²) in [6, 6.07) is 16.6. The zero-order valence-electron chi connectivity index (χ0n) is 17.5. The van der Waals surface area contributed by atoms with Crippen LogP contribution in [0.4, 0.5) is 0 Å². The largest absolute Gasteiger partial charge is 0.492 e. The van der Waals surface area contributed by atoms with Crippen LogP contribution in [0.2, 0.25) is 0 Å². The zero-order valence-corrected chi connectivity index (χ0v) is 17.5. The van der Waals surface area contributed by atoms with Gasteiger partial charge in [-0.25, -0.2) is 0 Å². The summed E-state index contributed by atoms with van der Waals surface area (Å²) >= 11 is 0. The topological polar surface area (TPSA) is 58.1 Å². The number of guanidine groups is 1. The number of nitrogens with zero attached hydrogens (tertiary/aromatic N) is 2. The second-order valence-electron chi connectivity index (χ2n) is 7.16. The molecule has 6 heteroatoms. The van der Waals surface area contributed by atoms with Crippen molar-refractivity contribution in [3.63, 3.8) is 0 Å². The molecule has 1 aliphatic rings. The minimum absolute atomic E-state index is 0.689. The summed E-state index contributed by atoms with van der Waals surface area (Å²) < 4.78 is 11.3. The minimum Gasteiger partial charge on any atom is -0.492 e. The molecule has 0 unspecified atom stereocenters. The first kappa shape index (κ1) is 21.1. The van der Waals surface area contributed by atoms with Gasteiger partial charge in [-0.05, 0) is 35.7 Å². The number of aliphatic imine (C=N–C) groups is 1. The van der Waals surface area contributed by atoms with Crippen LogP contribution in [0.3, 0.4) is 0 Å². The Kier molecular flexibility index (Phi) is 8.34. The molecule has 0 saturated carbocycles. The fraction of sp³-hybridized carbons (Fsp3) is 0.435. The number of ether oxygens (including phenoxy) is 2. The van der Waals surface area contributed by atoms with E-state index in [4.69, 9.17) is 9.47 Å². The zero-order chi connectivity index (χ0) is 20.3. The lowest BCUT2D eigenvalue weighted by Crippen LogP contribution is -2.38. The summed E-state index contributed by atoms with van der Waals surface area (Å²) in [7, 11) is 1.79. The predicted molar refractivity (Wildman–Crippen MR) is 117 cm³/mol. The van der Waals surface area contributed by atoms with Gasteiger partial charge in [0.15, 0.2) is 5.96 Å². The van der Waals surface area contributed by atoms with E-state index in [1.54, 1.807) is 7.05 Å². The van der Waals surface area contributed by atoms with E-state index in [0.717, 1.165) is 56.7 Å². The Morgan fingerprint density at radius 1 is 1.07 bits per heavy atom. The van der Waals surface area contributed by atoms with Crippen molar-refractivity contribution < 1.29 is 9.47 Å². The van der Waals surface area contributed by atoms with Crippen molar-refractivity contribution in [3.8, 4) is 5.75 Å². The minimum atomic E-state index is 0.689. The van der Waals surface area contributed by atoms with Gasteiger partial charge in [0.25, 0.3) is 0 Å². The summed E-state index contributed by atoms with van der Waals surface area (Å²) in [5.41, 5.74) is 3.70. The van der Waals surface area contributed by atoms with Crippen LogP contribution in [0.15, 0.2) is 53.5 Å². The van der Waals surface area contributed by atoms with Crippen LogP contribution >= 0.6 is 0 Å². The van der Waals surface area contributed by atoms with Gasteiger partial charge in [-0.1, -0.05) is 36.4 Å². The molecule has 1 saturated heterocycles. The molecule has 1 fully saturated rings. The van der Waals surface area contributed by atoms with E-state index in [2.05, 4.69) is 63.8 Å². The highest BCUT2D eigenvalue weighted by atomic mass is 16.5. The van der Waals surface area contributed by atoms with Crippen molar-refractivity contribution in [2.45, 2.75) is 20.0 Å². The van der Waals surface area contributed by atoms with Crippen LogP contribution in [0.25, 0.3) is 0 Å². The lowest BCUT2D eigenvalue weighted by Gasteiger charge is -2.26. The predicted octanol–water partition coefficient (Wildman–Crippen LogP) is 2.57. The normalized spacial score (nSPS) is 15.2. The van der Waals surface area contributed by atoms with E-state index < -0.39 is 0 Å². The Bertz CT molecular complexity index is 788. The van der Waals surface area contributed by atoms with Gasteiger partial charge in [-0.2, -0.15) is 0 Å². The molecule has 2 aromatic rings. The van der Waals surface area contributed by atoms with Gasteiger partial charge in [0, 0.05) is 39.8 Å². The van der Waals surface area contributed by atoms with Crippen molar-refractivity contribution in [1.82, 2.24) is 15.5 Å². The lowest BCUT2D eigenvalue weighted by atomic mass is 10.1. The molecule has 3 rings (SSSR count). The number of rotatable bonds is 8. The molecule has 0 radical (unpaired) electrons. The number of hydrogen-bond donors (Lipinski definition) is 2. The summed E-state index contributed by atoms with van der Waals surface area (Å²) in [5, 5.41) is 6.75. The molecule has 29 heavy (non-hydrogen) atoms. The third-order valence-electron chi connectivity index (χ3n) is 5.07. The van der Waals surface area contributed by atoms with Crippen LogP contribution in [0.1, 0.15) is 16.7 Å². The van der Waals surface area contributed by atoms with Gasteiger partial charge < -0.3 is 20.1 Å². The first-order chi connectivity index (χ1) is 14.2. The molecule has 0 amide bonds. The molecule has 0 bridgehead atoms. The third-order valence-corrected chi connectivity index (χ3v) is 5.07. The van der Waals surface area contributed by atoms with Gasteiger partial charge in [0.1, 0.15) is 12.4 Å². The standard InChI is InChI=1S/C23H32N4O2/c1-19-6-3-4-8-21(19)18-26-23(24-2)25-17-20-7-5-9-22(16-20)29-15-12-27-10-13-28-14-11-27/h3-9,16H,10-15,17-18H2,1-2H3,(H2,24,25,26). The maximum absolute atomic E-state index is 5.94. The van der Waals surface area contributed by atoms with Crippen molar-refractivity contribution in [3.05, 3.63) is 65.2 Å². The molecule has 1 aliphatic heterocycles. The van der Waals surface area contributed by atoms with E-state index in [9.17, 15) is 0 Å². The number of benzene rings is 2. The number of aryl methyl sites for hydroxylation is 1. The molecule has 0 aromatic heterocycles. The van der Waals surface area contributed by atoms with Crippen molar-refractivity contribution in [1.29, 1.82) is 0 Å². The summed E-state index contributed by atoms with van der Waals surface area (Å²) in [5.74, 6) is 1.69. The maximum atomic E-state index is 5.94. The average Bonchev–Trinajstić information content (AvgIpc) is 2.76.